The van der Waals surface area contributed by atoms with E-state index in [2.05, 4.69) is 6.07 Å². The lowest BCUT2D eigenvalue weighted by Crippen LogP contribution is -1.55. The van der Waals surface area contributed by atoms with Gasteiger partial charge >= 0.3 is 0 Å². The van der Waals surface area contributed by atoms with Gasteiger partial charge in [0.15, 0.2) is 5.75 Å². The fraction of sp³-hybridized carbons (Fsp3) is 0. The van der Waals surface area contributed by atoms with Crippen LogP contribution in [0.5, 0.6) is 5.75 Å². The lowest BCUT2D eigenvalue weighted by molar-refractivity contribution is 0.355. The van der Waals surface area contributed by atoms with E-state index < -0.39 is 0 Å². The van der Waals surface area contributed by atoms with Crippen molar-refractivity contribution in [1.29, 1.82) is 0 Å². The number of hydrogen-bond donors (Lipinski definition) is 0. The van der Waals surface area contributed by atoms with E-state index >= 15 is 0 Å². The summed E-state index contributed by atoms with van der Waals surface area (Å²) in [4.78, 5) is 0. The van der Waals surface area contributed by atoms with Gasteiger partial charge in [0.05, 0.1) is 0 Å². The summed E-state index contributed by atoms with van der Waals surface area (Å²) in [5.41, 5.74) is 0. The maximum atomic E-state index is 10.2. The van der Waals surface area contributed by atoms with Gasteiger partial charge in [-0.05, 0) is 18.2 Å². The third kappa shape index (κ3) is 0.929. The molecule has 1 rings (SSSR count). The lowest BCUT2D eigenvalue weighted by Gasteiger charge is -1.76. The zero-order chi connectivity index (χ0) is 5.11. The van der Waals surface area contributed by atoms with Gasteiger partial charge in [-0.15, -0.1) is 0 Å². The van der Waals surface area contributed by atoms with Crippen molar-refractivity contribution in [3.05, 3.63) is 30.3 Å². The van der Waals surface area contributed by atoms with Crippen LogP contribution in [0.1, 0.15) is 0 Å². The topological polar surface area (TPSA) is 19.9 Å². The van der Waals surface area contributed by atoms with Gasteiger partial charge in [-0.25, -0.2) is 0 Å². The third-order valence-corrected chi connectivity index (χ3v) is 0.679. The first-order valence-corrected chi connectivity index (χ1v) is 2.03. The molecule has 7 heavy (non-hydrogen) atoms. The van der Waals surface area contributed by atoms with Crippen molar-refractivity contribution in [3.63, 3.8) is 0 Å². The standard InChI is InChI=1S/C6H4O/c7-6-4-2-1-3-5-6/h1-2,4-5H. The Bertz CT molecular complexity index is 134. The van der Waals surface area contributed by atoms with E-state index in [9.17, 15) is 5.11 Å². The Hall–Kier alpha value is -0.980. The number of rotatable bonds is 0. The first-order valence-electron chi connectivity index (χ1n) is 2.03. The van der Waals surface area contributed by atoms with Crippen LogP contribution in [-0.4, -0.2) is 0 Å². The summed E-state index contributed by atoms with van der Waals surface area (Å²) in [6.07, 6.45) is 0. The summed E-state index contributed by atoms with van der Waals surface area (Å²) in [7, 11) is 0. The summed E-state index contributed by atoms with van der Waals surface area (Å²) >= 11 is 0. The fourth-order valence-corrected chi connectivity index (χ4v) is 0.377. The Balaban J connectivity index is 3.02. The van der Waals surface area contributed by atoms with E-state index in [1.54, 1.807) is 12.1 Å². The van der Waals surface area contributed by atoms with E-state index in [0.29, 0.717) is 0 Å². The zero-order valence-corrected chi connectivity index (χ0v) is 3.72. The lowest BCUT2D eigenvalue weighted by atomic mass is 10.3. The molecule has 0 aliphatic heterocycles. The number of hydrogen-bond acceptors (Lipinski definition) is 0. The first kappa shape index (κ1) is 4.19. The fourth-order valence-electron chi connectivity index (χ4n) is 0.377. The molecule has 0 spiro atoms. The van der Waals surface area contributed by atoms with E-state index in [1.165, 1.54) is 12.1 Å². The van der Waals surface area contributed by atoms with Crippen LogP contribution >= 0.6 is 0 Å². The van der Waals surface area contributed by atoms with Gasteiger partial charge in [-0.2, -0.15) is 0 Å². The van der Waals surface area contributed by atoms with E-state index in [-0.39, 0.29) is 5.75 Å². The minimum Gasteiger partial charge on any atom is -0.290 e. The summed E-state index contributed by atoms with van der Waals surface area (Å²) in [6.45, 7) is 0. The van der Waals surface area contributed by atoms with Crippen molar-refractivity contribution < 1.29 is 5.11 Å². The van der Waals surface area contributed by atoms with Gasteiger partial charge in [-0.1, -0.05) is 12.1 Å². The molecule has 0 aliphatic rings. The quantitative estimate of drug-likeness (QED) is 0.463. The molecular formula is C6H4O. The highest BCUT2D eigenvalue weighted by Crippen LogP contribution is 2.03. The van der Waals surface area contributed by atoms with E-state index in [1.807, 2.05) is 0 Å². The van der Waals surface area contributed by atoms with Crippen LogP contribution in [0.2, 0.25) is 0 Å². The van der Waals surface area contributed by atoms with Gasteiger partial charge in [0.2, 0.25) is 0 Å². The highest BCUT2D eigenvalue weighted by molar-refractivity contribution is 5.17. The minimum absolute atomic E-state index is 0.0162. The predicted octanol–water partition coefficient (Wildman–Crippen LogP) is 1.63. The molecule has 1 aromatic carbocycles. The van der Waals surface area contributed by atoms with Crippen LogP contribution in [0.3, 0.4) is 0 Å². The van der Waals surface area contributed by atoms with E-state index in [4.69, 9.17) is 0 Å². The molecule has 0 aromatic heterocycles. The molecule has 0 bridgehead atoms. The zero-order valence-electron chi connectivity index (χ0n) is 3.72. The van der Waals surface area contributed by atoms with Crippen molar-refractivity contribution in [1.82, 2.24) is 0 Å². The van der Waals surface area contributed by atoms with Crippen LogP contribution < -0.4 is 0 Å². The van der Waals surface area contributed by atoms with Crippen molar-refractivity contribution in [2.24, 2.45) is 0 Å². The normalized spacial score (nSPS) is 8.57. The average Bonchev–Trinajstić information content (AvgIpc) is 1.69. The molecule has 0 aliphatic carbocycles. The highest BCUT2D eigenvalue weighted by atomic mass is 16.3. The summed E-state index contributed by atoms with van der Waals surface area (Å²) in [6, 6.07) is 8.91. The molecule has 0 amide bonds. The predicted molar refractivity (Wildman–Crippen MR) is 25.4 cm³/mol. The minimum atomic E-state index is 0.0162. The Kier molecular flexibility index (Phi) is 0.984. The maximum absolute atomic E-state index is 10.2. The molecule has 0 atom stereocenters. The average molecular weight is 92.1 g/mol. The summed E-state index contributed by atoms with van der Waals surface area (Å²) in [5.74, 6) is 0.0162. The molecular weight excluding hydrogens is 88.1 g/mol. The van der Waals surface area contributed by atoms with Gasteiger partial charge < -0.3 is 0 Å². The van der Waals surface area contributed by atoms with Gasteiger partial charge in [0.1, 0.15) is 0 Å². The Labute approximate surface area is 42.2 Å². The molecule has 2 radical (unpaired) electrons. The molecule has 0 fully saturated rings. The summed E-state index contributed by atoms with van der Waals surface area (Å²) < 4.78 is 0. The smallest absolute Gasteiger partial charge is 0.179 e. The second kappa shape index (κ2) is 1.65. The SMILES string of the molecule is [O]c1c[c]ccc1. The van der Waals surface area contributed by atoms with Gasteiger partial charge in [0, 0.05) is 0 Å². The Morgan fingerprint density at radius 2 is 2.43 bits per heavy atom. The third-order valence-electron chi connectivity index (χ3n) is 0.679. The van der Waals surface area contributed by atoms with Crippen LogP contribution in [0.25, 0.3) is 0 Å². The molecule has 0 unspecified atom stereocenters. The van der Waals surface area contributed by atoms with E-state index in [0.717, 1.165) is 0 Å². The molecule has 1 heteroatoms. The molecule has 0 N–H and O–H groups in total. The maximum Gasteiger partial charge on any atom is 0.179 e. The molecule has 34 valence electrons. The molecule has 0 saturated heterocycles. The monoisotopic (exact) mass is 92.0 g/mol. The highest BCUT2D eigenvalue weighted by Gasteiger charge is 1.79. The van der Waals surface area contributed by atoms with Crippen molar-refractivity contribution >= 4 is 0 Å². The Morgan fingerprint density at radius 1 is 1.57 bits per heavy atom. The van der Waals surface area contributed by atoms with Gasteiger partial charge in [-0.3, -0.25) is 5.11 Å². The second-order valence-corrected chi connectivity index (χ2v) is 1.24. The van der Waals surface area contributed by atoms with Crippen LogP contribution in [-0.2, 0) is 5.11 Å². The van der Waals surface area contributed by atoms with Crippen LogP contribution in [0.15, 0.2) is 24.3 Å². The molecule has 0 saturated carbocycles. The number of benzene rings is 1. The molecule has 0 heterocycles. The molecule has 1 aromatic rings. The summed E-state index contributed by atoms with van der Waals surface area (Å²) in [5, 5.41) is 10.2. The van der Waals surface area contributed by atoms with Crippen molar-refractivity contribution in [2.75, 3.05) is 0 Å². The van der Waals surface area contributed by atoms with Gasteiger partial charge in [0.25, 0.3) is 0 Å². The van der Waals surface area contributed by atoms with Crippen molar-refractivity contribution in [3.8, 4) is 5.75 Å². The largest absolute Gasteiger partial charge is 0.290 e. The van der Waals surface area contributed by atoms with Crippen molar-refractivity contribution in [2.45, 2.75) is 0 Å². The molecule has 1 nitrogen and oxygen atoms in total. The Morgan fingerprint density at radius 3 is 2.71 bits per heavy atom. The first-order chi connectivity index (χ1) is 3.39. The second-order valence-electron chi connectivity index (χ2n) is 1.24. The van der Waals surface area contributed by atoms with Crippen LogP contribution in [0, 0.1) is 6.07 Å². The van der Waals surface area contributed by atoms with Crippen LogP contribution in [0.4, 0.5) is 0 Å².